The number of anilines is 2. The Hall–Kier alpha value is -1.64. The molecule has 28 heavy (non-hydrogen) atoms. The van der Waals surface area contributed by atoms with Crippen molar-refractivity contribution in [2.75, 3.05) is 27.7 Å². The van der Waals surface area contributed by atoms with Gasteiger partial charge in [0.25, 0.3) is 10.0 Å². The zero-order valence-corrected chi connectivity index (χ0v) is 18.0. The summed E-state index contributed by atoms with van der Waals surface area (Å²) in [5.41, 5.74) is 3.43. The summed E-state index contributed by atoms with van der Waals surface area (Å²) in [6.07, 6.45) is 1.61. The summed E-state index contributed by atoms with van der Waals surface area (Å²) in [6, 6.07) is 12.7. The molecule has 2 aliphatic rings. The number of nitrogens with zero attached hydrogens (tertiary/aromatic N) is 1. The van der Waals surface area contributed by atoms with E-state index in [0.717, 1.165) is 41.2 Å². The fraction of sp³-hybridized carbons (Fsp3) is 0.350. The lowest BCUT2D eigenvalue weighted by Gasteiger charge is -2.28. The molecule has 1 fully saturated rings. The molecule has 0 aromatic heterocycles. The van der Waals surface area contributed by atoms with Gasteiger partial charge in [-0.2, -0.15) is 0 Å². The Morgan fingerprint density at radius 2 is 1.93 bits per heavy atom. The Bertz CT molecular complexity index is 1000. The minimum Gasteiger partial charge on any atom is -0.312 e. The van der Waals surface area contributed by atoms with Crippen LogP contribution in [0.2, 0.25) is 0 Å². The van der Waals surface area contributed by atoms with Gasteiger partial charge in [0.1, 0.15) is 0 Å². The highest BCUT2D eigenvalue weighted by Gasteiger charge is 2.24. The van der Waals surface area contributed by atoms with Crippen LogP contribution in [0.5, 0.6) is 0 Å². The maximum atomic E-state index is 12.9. The fourth-order valence-electron chi connectivity index (χ4n) is 3.58. The second kappa shape index (κ2) is 8.00. The largest absolute Gasteiger partial charge is 0.312 e. The first-order valence-corrected chi connectivity index (χ1v) is 12.8. The number of aryl methyl sites for hydroxylation is 1. The SMILES string of the molecule is CC(=O)N1CCCc2cc(S(=O)(=O)Nc3cccc(C4SCCS4)c3)ccc21. The first-order valence-electron chi connectivity index (χ1n) is 9.21. The number of hydrogen-bond acceptors (Lipinski definition) is 5. The highest BCUT2D eigenvalue weighted by atomic mass is 32.2. The van der Waals surface area contributed by atoms with Crippen molar-refractivity contribution in [1.29, 1.82) is 0 Å². The number of carbonyl (C=O) groups is 1. The number of fused-ring (bicyclic) bond motifs is 1. The van der Waals surface area contributed by atoms with Crippen molar-refractivity contribution in [3.63, 3.8) is 0 Å². The topological polar surface area (TPSA) is 66.5 Å². The van der Waals surface area contributed by atoms with E-state index in [-0.39, 0.29) is 10.8 Å². The highest BCUT2D eigenvalue weighted by Crippen LogP contribution is 2.45. The molecule has 0 aliphatic carbocycles. The van der Waals surface area contributed by atoms with E-state index < -0.39 is 10.0 Å². The zero-order valence-electron chi connectivity index (χ0n) is 15.6. The Morgan fingerprint density at radius 3 is 2.68 bits per heavy atom. The summed E-state index contributed by atoms with van der Waals surface area (Å²) in [5.74, 6) is 2.23. The molecule has 1 N–H and O–H groups in total. The van der Waals surface area contributed by atoms with Gasteiger partial charge in [0, 0.05) is 36.3 Å². The molecule has 0 unspecified atom stereocenters. The number of hydrogen-bond donors (Lipinski definition) is 1. The first-order chi connectivity index (χ1) is 13.4. The Kier molecular flexibility index (Phi) is 5.62. The normalized spacial score (nSPS) is 17.4. The maximum absolute atomic E-state index is 12.9. The fourth-order valence-corrected chi connectivity index (χ4v) is 7.52. The van der Waals surface area contributed by atoms with Gasteiger partial charge >= 0.3 is 0 Å². The predicted octanol–water partition coefficient (Wildman–Crippen LogP) is 4.27. The minimum atomic E-state index is -3.69. The summed E-state index contributed by atoms with van der Waals surface area (Å²) in [7, 11) is -3.69. The van der Waals surface area contributed by atoms with Crippen LogP contribution in [0.25, 0.3) is 0 Å². The van der Waals surface area contributed by atoms with Crippen molar-refractivity contribution >= 4 is 50.8 Å². The number of sulfonamides is 1. The first kappa shape index (κ1) is 19.7. The van der Waals surface area contributed by atoms with Crippen LogP contribution in [0, 0.1) is 0 Å². The van der Waals surface area contributed by atoms with Gasteiger partial charge in [-0.15, -0.1) is 23.5 Å². The lowest BCUT2D eigenvalue weighted by atomic mass is 10.0. The summed E-state index contributed by atoms with van der Waals surface area (Å²) < 4.78 is 28.9. The summed E-state index contributed by atoms with van der Waals surface area (Å²) >= 11 is 3.78. The van der Waals surface area contributed by atoms with Crippen molar-refractivity contribution in [1.82, 2.24) is 0 Å². The Morgan fingerprint density at radius 1 is 1.14 bits per heavy atom. The van der Waals surface area contributed by atoms with E-state index in [1.54, 1.807) is 29.2 Å². The average molecular weight is 435 g/mol. The van der Waals surface area contributed by atoms with E-state index in [2.05, 4.69) is 4.72 Å². The Labute approximate surface area is 174 Å². The molecule has 2 aromatic carbocycles. The predicted molar refractivity (Wildman–Crippen MR) is 118 cm³/mol. The van der Waals surface area contributed by atoms with Crippen molar-refractivity contribution in [3.05, 3.63) is 53.6 Å². The average Bonchev–Trinajstić information content (AvgIpc) is 3.21. The van der Waals surface area contributed by atoms with Crippen LogP contribution >= 0.6 is 23.5 Å². The maximum Gasteiger partial charge on any atom is 0.261 e. The van der Waals surface area contributed by atoms with E-state index in [1.165, 1.54) is 6.92 Å². The second-order valence-electron chi connectivity index (χ2n) is 6.87. The summed E-state index contributed by atoms with van der Waals surface area (Å²) in [6.45, 7) is 2.21. The van der Waals surface area contributed by atoms with Gasteiger partial charge in [-0.25, -0.2) is 8.42 Å². The number of rotatable bonds is 4. The molecule has 4 rings (SSSR count). The molecule has 1 saturated heterocycles. The van der Waals surface area contributed by atoms with Crippen LogP contribution in [0.1, 0.15) is 29.1 Å². The van der Waals surface area contributed by atoms with Gasteiger partial charge in [-0.1, -0.05) is 12.1 Å². The van der Waals surface area contributed by atoms with E-state index in [1.807, 2.05) is 41.7 Å². The quantitative estimate of drug-likeness (QED) is 0.779. The van der Waals surface area contributed by atoms with Gasteiger partial charge in [-0.05, 0) is 54.3 Å². The van der Waals surface area contributed by atoms with Crippen LogP contribution in [0.15, 0.2) is 47.4 Å². The highest BCUT2D eigenvalue weighted by molar-refractivity contribution is 8.19. The number of benzene rings is 2. The third-order valence-corrected chi connectivity index (χ3v) is 9.38. The number of thioether (sulfide) groups is 2. The molecule has 0 radical (unpaired) electrons. The number of nitrogens with one attached hydrogen (secondary N) is 1. The number of amides is 1. The zero-order chi connectivity index (χ0) is 19.7. The van der Waals surface area contributed by atoms with Crippen LogP contribution in [-0.2, 0) is 21.2 Å². The summed E-state index contributed by atoms with van der Waals surface area (Å²) in [4.78, 5) is 13.8. The third kappa shape index (κ3) is 4.04. The molecule has 8 heteroatoms. The van der Waals surface area contributed by atoms with E-state index in [0.29, 0.717) is 16.8 Å². The van der Waals surface area contributed by atoms with Gasteiger partial charge in [-0.3, -0.25) is 9.52 Å². The molecule has 2 heterocycles. The van der Waals surface area contributed by atoms with E-state index in [4.69, 9.17) is 0 Å². The van der Waals surface area contributed by atoms with Gasteiger partial charge in [0.2, 0.25) is 5.91 Å². The van der Waals surface area contributed by atoms with Crippen molar-refractivity contribution in [2.24, 2.45) is 0 Å². The summed E-state index contributed by atoms with van der Waals surface area (Å²) in [5, 5.41) is 0. The van der Waals surface area contributed by atoms with Crippen LogP contribution < -0.4 is 9.62 Å². The van der Waals surface area contributed by atoms with Crippen molar-refractivity contribution < 1.29 is 13.2 Å². The molecule has 5 nitrogen and oxygen atoms in total. The number of carbonyl (C=O) groups excluding carboxylic acids is 1. The second-order valence-corrected chi connectivity index (χ2v) is 11.3. The molecule has 2 aromatic rings. The van der Waals surface area contributed by atoms with Crippen molar-refractivity contribution in [3.8, 4) is 0 Å². The standard InChI is InChI=1S/C20H22N2O3S3/c1-14(23)22-9-3-5-15-13-18(7-8-19(15)22)28(24,25)21-17-6-2-4-16(12-17)20-26-10-11-27-20/h2,4,6-8,12-13,20-21H,3,5,9-11H2,1H3. The minimum absolute atomic E-state index is 0.0193. The molecule has 0 spiro atoms. The molecular formula is C20H22N2O3S3. The van der Waals surface area contributed by atoms with Crippen LogP contribution in [0.4, 0.5) is 11.4 Å². The van der Waals surface area contributed by atoms with Gasteiger partial charge in [0.15, 0.2) is 0 Å². The van der Waals surface area contributed by atoms with Crippen LogP contribution in [-0.4, -0.2) is 32.4 Å². The van der Waals surface area contributed by atoms with Crippen molar-refractivity contribution in [2.45, 2.75) is 29.2 Å². The molecule has 1 amide bonds. The van der Waals surface area contributed by atoms with Gasteiger partial charge in [0.05, 0.1) is 9.48 Å². The molecule has 0 saturated carbocycles. The van der Waals surface area contributed by atoms with E-state index in [9.17, 15) is 13.2 Å². The molecule has 2 aliphatic heterocycles. The lowest BCUT2D eigenvalue weighted by Crippen LogP contribution is -2.33. The monoisotopic (exact) mass is 434 g/mol. The van der Waals surface area contributed by atoms with Gasteiger partial charge < -0.3 is 4.90 Å². The van der Waals surface area contributed by atoms with E-state index >= 15 is 0 Å². The van der Waals surface area contributed by atoms with Crippen LogP contribution in [0.3, 0.4) is 0 Å². The molecule has 148 valence electrons. The Balaban J connectivity index is 1.59. The lowest BCUT2D eigenvalue weighted by molar-refractivity contribution is -0.116. The molecular weight excluding hydrogens is 412 g/mol. The smallest absolute Gasteiger partial charge is 0.261 e. The third-order valence-electron chi connectivity index (χ3n) is 4.89. The molecule has 0 bridgehead atoms. The molecule has 0 atom stereocenters.